The van der Waals surface area contributed by atoms with Gasteiger partial charge in [-0.3, -0.25) is 4.79 Å². The van der Waals surface area contributed by atoms with E-state index < -0.39 is 22.0 Å². The molecule has 0 unspecified atom stereocenters. The molecule has 1 aliphatic rings. The number of carboxylic acids is 1. The minimum atomic E-state index is -3.71. The lowest BCUT2D eigenvalue weighted by atomic mass is 10.1. The highest BCUT2D eigenvalue weighted by Crippen LogP contribution is 2.27. The molecule has 3 rings (SSSR count). The summed E-state index contributed by atoms with van der Waals surface area (Å²) in [5.41, 5.74) is 2.77. The minimum Gasteiger partial charge on any atom is -0.480 e. The third-order valence-electron chi connectivity index (χ3n) is 4.27. The van der Waals surface area contributed by atoms with Gasteiger partial charge in [0.25, 0.3) is 0 Å². The van der Waals surface area contributed by atoms with Gasteiger partial charge in [0.15, 0.2) is 0 Å². The summed E-state index contributed by atoms with van der Waals surface area (Å²) in [6, 6.07) is 15.0. The SMILES string of the molecule is O=C(O)[C@H](NS(=O)(=O)CC1Cc2ccccc2C1)c1ccccc1. The Kier molecular flexibility index (Phi) is 4.69. The number of hydrogen-bond donors (Lipinski definition) is 2. The first-order valence-electron chi connectivity index (χ1n) is 7.79. The largest absolute Gasteiger partial charge is 0.480 e. The summed E-state index contributed by atoms with van der Waals surface area (Å²) in [7, 11) is -3.71. The van der Waals surface area contributed by atoms with Crippen LogP contribution in [0.25, 0.3) is 0 Å². The van der Waals surface area contributed by atoms with Gasteiger partial charge in [-0.1, -0.05) is 54.6 Å². The molecule has 0 fully saturated rings. The van der Waals surface area contributed by atoms with Crippen molar-refractivity contribution in [1.29, 1.82) is 0 Å². The Hall–Kier alpha value is -2.18. The van der Waals surface area contributed by atoms with Gasteiger partial charge in [-0.15, -0.1) is 0 Å². The molecule has 0 aromatic heterocycles. The van der Waals surface area contributed by atoms with Crippen molar-refractivity contribution in [3.8, 4) is 0 Å². The van der Waals surface area contributed by atoms with Gasteiger partial charge >= 0.3 is 5.97 Å². The van der Waals surface area contributed by atoms with Crippen LogP contribution >= 0.6 is 0 Å². The Morgan fingerprint density at radius 2 is 1.58 bits per heavy atom. The molecule has 0 radical (unpaired) electrons. The number of fused-ring (bicyclic) bond motifs is 1. The van der Waals surface area contributed by atoms with Crippen LogP contribution in [0.1, 0.15) is 22.7 Å². The molecular formula is C18H19NO4S. The second-order valence-electron chi connectivity index (χ2n) is 6.12. The zero-order valence-corrected chi connectivity index (χ0v) is 13.9. The van der Waals surface area contributed by atoms with Crippen molar-refractivity contribution in [3.63, 3.8) is 0 Å². The predicted molar refractivity (Wildman–Crippen MR) is 91.1 cm³/mol. The van der Waals surface area contributed by atoms with Gasteiger partial charge in [0.1, 0.15) is 6.04 Å². The number of carboxylic acid groups (broad SMARTS) is 1. The fourth-order valence-corrected chi connectivity index (χ4v) is 4.76. The Labute approximate surface area is 141 Å². The van der Waals surface area contributed by atoms with E-state index >= 15 is 0 Å². The van der Waals surface area contributed by atoms with Crippen molar-refractivity contribution in [2.45, 2.75) is 18.9 Å². The minimum absolute atomic E-state index is 0.0230. The molecule has 2 aromatic rings. The maximum Gasteiger partial charge on any atom is 0.326 e. The quantitative estimate of drug-likeness (QED) is 0.840. The van der Waals surface area contributed by atoms with E-state index in [9.17, 15) is 18.3 Å². The Morgan fingerprint density at radius 3 is 2.12 bits per heavy atom. The van der Waals surface area contributed by atoms with Gasteiger partial charge in [0.05, 0.1) is 5.75 Å². The van der Waals surface area contributed by atoms with Crippen LogP contribution in [0.4, 0.5) is 0 Å². The number of rotatable bonds is 6. The summed E-state index contributed by atoms with van der Waals surface area (Å²) in [4.78, 5) is 11.5. The van der Waals surface area contributed by atoms with Crippen LogP contribution in [-0.2, 0) is 27.7 Å². The lowest BCUT2D eigenvalue weighted by molar-refractivity contribution is -0.139. The normalized spacial score (nSPS) is 15.8. The molecule has 0 bridgehead atoms. The molecule has 0 amide bonds. The monoisotopic (exact) mass is 345 g/mol. The van der Waals surface area contributed by atoms with Crippen LogP contribution < -0.4 is 4.72 Å². The lowest BCUT2D eigenvalue weighted by Gasteiger charge is -2.17. The molecular weight excluding hydrogens is 326 g/mol. The molecule has 2 aromatic carbocycles. The third kappa shape index (κ3) is 3.83. The molecule has 0 aliphatic heterocycles. The molecule has 0 saturated carbocycles. The van der Waals surface area contributed by atoms with Crippen LogP contribution in [-0.4, -0.2) is 25.2 Å². The van der Waals surface area contributed by atoms with Crippen molar-refractivity contribution in [2.75, 3.05) is 5.75 Å². The highest BCUT2D eigenvalue weighted by molar-refractivity contribution is 7.89. The zero-order valence-electron chi connectivity index (χ0n) is 13.1. The molecule has 6 heteroatoms. The second-order valence-corrected chi connectivity index (χ2v) is 7.92. The zero-order chi connectivity index (χ0) is 17.2. The van der Waals surface area contributed by atoms with Gasteiger partial charge in [-0.2, -0.15) is 4.72 Å². The molecule has 126 valence electrons. The molecule has 2 N–H and O–H groups in total. The van der Waals surface area contributed by atoms with Crippen LogP contribution in [0.2, 0.25) is 0 Å². The highest BCUT2D eigenvalue weighted by atomic mass is 32.2. The van der Waals surface area contributed by atoms with Gasteiger partial charge < -0.3 is 5.11 Å². The third-order valence-corrected chi connectivity index (χ3v) is 5.77. The number of hydrogen-bond acceptors (Lipinski definition) is 3. The predicted octanol–water partition coefficient (Wildman–Crippen LogP) is 2.15. The summed E-state index contributed by atoms with van der Waals surface area (Å²) in [6.45, 7) is 0. The average Bonchev–Trinajstić information content (AvgIpc) is 2.94. The summed E-state index contributed by atoms with van der Waals surface area (Å²) < 4.78 is 27.2. The fourth-order valence-electron chi connectivity index (χ4n) is 3.21. The van der Waals surface area contributed by atoms with E-state index in [-0.39, 0.29) is 11.7 Å². The van der Waals surface area contributed by atoms with E-state index in [4.69, 9.17) is 0 Å². The van der Waals surface area contributed by atoms with Crippen molar-refractivity contribution >= 4 is 16.0 Å². The highest BCUT2D eigenvalue weighted by Gasteiger charge is 2.30. The molecule has 0 heterocycles. The molecule has 24 heavy (non-hydrogen) atoms. The standard InChI is InChI=1S/C18H19NO4S/c20-18(21)17(14-6-2-1-3-7-14)19-24(22,23)12-13-10-15-8-4-5-9-16(15)11-13/h1-9,13,17,19H,10-12H2,(H,20,21)/t17-/m1/s1. The number of sulfonamides is 1. The fraction of sp³-hybridized carbons (Fsp3) is 0.278. The van der Waals surface area contributed by atoms with E-state index in [0.29, 0.717) is 18.4 Å². The van der Waals surface area contributed by atoms with E-state index in [1.807, 2.05) is 24.3 Å². The van der Waals surface area contributed by atoms with Gasteiger partial charge in [0, 0.05) is 0 Å². The Balaban J connectivity index is 1.71. The van der Waals surface area contributed by atoms with Crippen LogP contribution in [0.3, 0.4) is 0 Å². The van der Waals surface area contributed by atoms with Crippen molar-refractivity contribution in [2.24, 2.45) is 5.92 Å². The molecule has 1 atom stereocenters. The topological polar surface area (TPSA) is 83.5 Å². The number of benzene rings is 2. The first-order chi connectivity index (χ1) is 11.4. The number of carbonyl (C=O) groups is 1. The number of aliphatic carboxylic acids is 1. The number of nitrogens with one attached hydrogen (secondary N) is 1. The average molecular weight is 345 g/mol. The smallest absolute Gasteiger partial charge is 0.326 e. The van der Waals surface area contributed by atoms with Gasteiger partial charge in [-0.25, -0.2) is 8.42 Å². The lowest BCUT2D eigenvalue weighted by Crippen LogP contribution is -2.37. The maximum atomic E-state index is 12.5. The van der Waals surface area contributed by atoms with Gasteiger partial charge in [0.2, 0.25) is 10.0 Å². The molecule has 0 saturated heterocycles. The Bertz CT molecular complexity index is 808. The molecule has 5 nitrogen and oxygen atoms in total. The van der Waals surface area contributed by atoms with Crippen LogP contribution in [0, 0.1) is 5.92 Å². The van der Waals surface area contributed by atoms with Crippen molar-refractivity contribution in [3.05, 3.63) is 71.3 Å². The van der Waals surface area contributed by atoms with E-state index in [0.717, 1.165) is 0 Å². The van der Waals surface area contributed by atoms with Crippen molar-refractivity contribution < 1.29 is 18.3 Å². The van der Waals surface area contributed by atoms with Gasteiger partial charge in [-0.05, 0) is 35.4 Å². The maximum absolute atomic E-state index is 12.5. The summed E-state index contributed by atoms with van der Waals surface area (Å²) >= 11 is 0. The van der Waals surface area contributed by atoms with E-state index in [1.54, 1.807) is 30.3 Å². The molecule has 1 aliphatic carbocycles. The first kappa shape index (κ1) is 16.7. The Morgan fingerprint density at radius 1 is 1.04 bits per heavy atom. The van der Waals surface area contributed by atoms with Crippen LogP contribution in [0.15, 0.2) is 54.6 Å². The first-order valence-corrected chi connectivity index (χ1v) is 9.44. The van der Waals surface area contributed by atoms with E-state index in [2.05, 4.69) is 4.72 Å². The summed E-state index contributed by atoms with van der Waals surface area (Å²) in [6.07, 6.45) is 1.42. The van der Waals surface area contributed by atoms with E-state index in [1.165, 1.54) is 11.1 Å². The second kappa shape index (κ2) is 6.75. The van der Waals surface area contributed by atoms with Crippen molar-refractivity contribution in [1.82, 2.24) is 4.72 Å². The molecule has 0 spiro atoms. The van der Waals surface area contributed by atoms with Crippen LogP contribution in [0.5, 0.6) is 0 Å². The summed E-state index contributed by atoms with van der Waals surface area (Å²) in [5.74, 6) is -1.30. The summed E-state index contributed by atoms with van der Waals surface area (Å²) in [5, 5.41) is 9.37.